The van der Waals surface area contributed by atoms with Crippen molar-refractivity contribution in [2.75, 3.05) is 0 Å². The molecule has 3 aromatic rings. The molecule has 0 amide bonds. The number of nitrogens with one attached hydrogen (secondary N) is 1. The fraction of sp³-hybridized carbons (Fsp3) is 0.182. The third-order valence-electron chi connectivity index (χ3n) is 2.52. The van der Waals surface area contributed by atoms with E-state index in [2.05, 4.69) is 20.4 Å². The first-order chi connectivity index (χ1) is 7.74. The predicted molar refractivity (Wildman–Crippen MR) is 58.9 cm³/mol. The van der Waals surface area contributed by atoms with Crippen molar-refractivity contribution in [2.45, 2.75) is 13.8 Å². The molecule has 2 aromatic heterocycles. The minimum atomic E-state index is 0.542. The summed E-state index contributed by atoms with van der Waals surface area (Å²) >= 11 is 0. The van der Waals surface area contributed by atoms with Crippen LogP contribution >= 0.6 is 0 Å². The van der Waals surface area contributed by atoms with Gasteiger partial charge >= 0.3 is 0 Å². The van der Waals surface area contributed by atoms with E-state index >= 15 is 0 Å². The van der Waals surface area contributed by atoms with Crippen LogP contribution < -0.4 is 0 Å². The van der Waals surface area contributed by atoms with Gasteiger partial charge in [-0.2, -0.15) is 5.10 Å². The van der Waals surface area contributed by atoms with Gasteiger partial charge in [0.2, 0.25) is 11.8 Å². The van der Waals surface area contributed by atoms with Gasteiger partial charge in [-0.05, 0) is 25.1 Å². The van der Waals surface area contributed by atoms with Crippen LogP contribution in [-0.4, -0.2) is 20.4 Å². The van der Waals surface area contributed by atoms with Crippen molar-refractivity contribution in [1.82, 2.24) is 20.4 Å². The third kappa shape index (κ3) is 1.29. The molecule has 0 saturated heterocycles. The number of hydrogen-bond acceptors (Lipinski definition) is 4. The number of rotatable bonds is 1. The molecule has 0 aliphatic rings. The summed E-state index contributed by atoms with van der Waals surface area (Å²) in [5.41, 5.74) is 2.89. The number of aryl methyl sites for hydroxylation is 2. The molecule has 0 saturated carbocycles. The normalized spacial score (nSPS) is 11.1. The Morgan fingerprint density at radius 3 is 2.81 bits per heavy atom. The van der Waals surface area contributed by atoms with Gasteiger partial charge in [0.25, 0.3) is 0 Å². The molecule has 0 spiro atoms. The Balaban J connectivity index is 2.21. The van der Waals surface area contributed by atoms with Crippen LogP contribution in [0.1, 0.15) is 11.6 Å². The highest BCUT2D eigenvalue weighted by Gasteiger charge is 2.08. The van der Waals surface area contributed by atoms with E-state index in [0.29, 0.717) is 11.8 Å². The minimum absolute atomic E-state index is 0.542. The van der Waals surface area contributed by atoms with E-state index in [1.165, 1.54) is 0 Å². The number of aromatic nitrogens is 4. The zero-order chi connectivity index (χ0) is 11.1. The Morgan fingerprint density at radius 1 is 1.19 bits per heavy atom. The average Bonchev–Trinajstić information content (AvgIpc) is 2.86. The van der Waals surface area contributed by atoms with Crippen molar-refractivity contribution in [3.8, 4) is 11.5 Å². The molecule has 1 N–H and O–H groups in total. The van der Waals surface area contributed by atoms with Gasteiger partial charge in [-0.15, -0.1) is 10.2 Å². The van der Waals surface area contributed by atoms with E-state index < -0.39 is 0 Å². The molecule has 0 unspecified atom stereocenters. The van der Waals surface area contributed by atoms with Gasteiger partial charge in [0.15, 0.2) is 0 Å². The van der Waals surface area contributed by atoms with Gasteiger partial charge in [-0.3, -0.25) is 5.10 Å². The summed E-state index contributed by atoms with van der Waals surface area (Å²) in [4.78, 5) is 0. The standard InChI is InChI=1S/C11H10N4O/c1-6-9-5-8(3-4-10(9)14-12-6)11-15-13-7(2)16-11/h3-5H,1-2H3,(H,12,14). The van der Waals surface area contributed by atoms with Crippen molar-refractivity contribution in [3.05, 3.63) is 29.8 Å². The van der Waals surface area contributed by atoms with E-state index in [1.54, 1.807) is 6.92 Å². The van der Waals surface area contributed by atoms with Crippen molar-refractivity contribution in [3.63, 3.8) is 0 Å². The zero-order valence-electron chi connectivity index (χ0n) is 8.98. The first-order valence-electron chi connectivity index (χ1n) is 4.99. The third-order valence-corrected chi connectivity index (χ3v) is 2.52. The highest BCUT2D eigenvalue weighted by Crippen LogP contribution is 2.23. The maximum Gasteiger partial charge on any atom is 0.247 e. The molecule has 80 valence electrons. The number of nitrogens with zero attached hydrogens (tertiary/aromatic N) is 3. The van der Waals surface area contributed by atoms with Crippen molar-refractivity contribution in [2.24, 2.45) is 0 Å². The summed E-state index contributed by atoms with van der Waals surface area (Å²) in [7, 11) is 0. The van der Waals surface area contributed by atoms with Gasteiger partial charge in [0, 0.05) is 23.6 Å². The second-order valence-electron chi connectivity index (χ2n) is 3.71. The summed E-state index contributed by atoms with van der Waals surface area (Å²) in [5.74, 6) is 1.11. The van der Waals surface area contributed by atoms with Crippen molar-refractivity contribution < 1.29 is 4.42 Å². The zero-order valence-corrected chi connectivity index (χ0v) is 8.98. The van der Waals surface area contributed by atoms with E-state index in [-0.39, 0.29) is 0 Å². The maximum atomic E-state index is 5.38. The van der Waals surface area contributed by atoms with Crippen LogP contribution in [0, 0.1) is 13.8 Å². The largest absolute Gasteiger partial charge is 0.421 e. The Hall–Kier alpha value is -2.17. The van der Waals surface area contributed by atoms with E-state index in [4.69, 9.17) is 4.42 Å². The summed E-state index contributed by atoms with van der Waals surface area (Å²) in [6, 6.07) is 5.87. The van der Waals surface area contributed by atoms with Crippen LogP contribution in [0.15, 0.2) is 22.6 Å². The molecule has 5 heteroatoms. The van der Waals surface area contributed by atoms with Crippen LogP contribution in [0.4, 0.5) is 0 Å². The molecule has 1 aromatic carbocycles. The number of H-pyrrole nitrogens is 1. The molecule has 0 aliphatic carbocycles. The van der Waals surface area contributed by atoms with Gasteiger partial charge in [0.05, 0.1) is 5.52 Å². The van der Waals surface area contributed by atoms with Gasteiger partial charge in [-0.1, -0.05) is 0 Å². The highest BCUT2D eigenvalue weighted by atomic mass is 16.4. The quantitative estimate of drug-likeness (QED) is 0.674. The number of hydrogen-bond donors (Lipinski definition) is 1. The van der Waals surface area contributed by atoms with Crippen LogP contribution in [0.25, 0.3) is 22.4 Å². The lowest BCUT2D eigenvalue weighted by Crippen LogP contribution is -1.78. The molecule has 0 atom stereocenters. The molecule has 0 fully saturated rings. The fourth-order valence-corrected chi connectivity index (χ4v) is 1.68. The second-order valence-corrected chi connectivity index (χ2v) is 3.71. The fourth-order valence-electron chi connectivity index (χ4n) is 1.68. The average molecular weight is 214 g/mol. The summed E-state index contributed by atoms with van der Waals surface area (Å²) in [6.45, 7) is 3.76. The van der Waals surface area contributed by atoms with Crippen LogP contribution in [-0.2, 0) is 0 Å². The van der Waals surface area contributed by atoms with Crippen LogP contribution in [0.3, 0.4) is 0 Å². The topological polar surface area (TPSA) is 67.6 Å². The molecule has 0 aliphatic heterocycles. The highest BCUT2D eigenvalue weighted by molar-refractivity contribution is 5.85. The molecular weight excluding hydrogens is 204 g/mol. The summed E-state index contributed by atoms with van der Waals surface area (Å²) < 4.78 is 5.38. The molecule has 5 nitrogen and oxygen atoms in total. The lowest BCUT2D eigenvalue weighted by molar-refractivity contribution is 0.533. The molecule has 0 bridgehead atoms. The summed E-state index contributed by atoms with van der Waals surface area (Å²) in [5, 5.41) is 16.0. The SMILES string of the molecule is Cc1nnc(-c2ccc3n[nH]c(C)c3c2)o1. The monoisotopic (exact) mass is 214 g/mol. The van der Waals surface area contributed by atoms with Crippen molar-refractivity contribution in [1.29, 1.82) is 0 Å². The Labute approximate surface area is 91.5 Å². The first kappa shape index (κ1) is 9.08. The molecule has 3 rings (SSSR count). The Kier molecular flexibility index (Phi) is 1.80. The lowest BCUT2D eigenvalue weighted by atomic mass is 10.1. The van der Waals surface area contributed by atoms with Crippen LogP contribution in [0.2, 0.25) is 0 Å². The Bertz CT molecular complexity index is 653. The van der Waals surface area contributed by atoms with E-state index in [0.717, 1.165) is 22.2 Å². The summed E-state index contributed by atoms with van der Waals surface area (Å²) in [6.07, 6.45) is 0. The number of benzene rings is 1. The smallest absolute Gasteiger partial charge is 0.247 e. The minimum Gasteiger partial charge on any atom is -0.421 e. The molecule has 16 heavy (non-hydrogen) atoms. The van der Waals surface area contributed by atoms with Crippen molar-refractivity contribution >= 4 is 10.9 Å². The van der Waals surface area contributed by atoms with E-state index in [9.17, 15) is 0 Å². The number of fused-ring (bicyclic) bond motifs is 1. The number of aromatic amines is 1. The first-order valence-corrected chi connectivity index (χ1v) is 4.99. The van der Waals surface area contributed by atoms with Crippen LogP contribution in [0.5, 0.6) is 0 Å². The molecule has 2 heterocycles. The van der Waals surface area contributed by atoms with Gasteiger partial charge < -0.3 is 4.42 Å². The van der Waals surface area contributed by atoms with E-state index in [1.807, 2.05) is 25.1 Å². The van der Waals surface area contributed by atoms with Gasteiger partial charge in [0.1, 0.15) is 0 Å². The molecule has 0 radical (unpaired) electrons. The lowest BCUT2D eigenvalue weighted by Gasteiger charge is -1.95. The maximum absolute atomic E-state index is 5.38. The predicted octanol–water partition coefficient (Wildman–Crippen LogP) is 2.23. The van der Waals surface area contributed by atoms with Gasteiger partial charge in [-0.25, -0.2) is 0 Å². The molecular formula is C11H10N4O. The second kappa shape index (κ2) is 3.16. The Morgan fingerprint density at radius 2 is 2.06 bits per heavy atom.